The first-order valence-electron chi connectivity index (χ1n) is 5.82. The fraction of sp³-hybridized carbons (Fsp3) is 0.750. The summed E-state index contributed by atoms with van der Waals surface area (Å²) in [7, 11) is 1.60. The highest BCUT2D eigenvalue weighted by molar-refractivity contribution is 5.66. The predicted octanol–water partition coefficient (Wildman–Crippen LogP) is 2.33. The van der Waals surface area contributed by atoms with Crippen LogP contribution in [0.4, 0.5) is 4.79 Å². The molecule has 2 unspecified atom stereocenters. The molecule has 2 atom stereocenters. The predicted molar refractivity (Wildman–Crippen MR) is 58.5 cm³/mol. The van der Waals surface area contributed by atoms with Gasteiger partial charge in [-0.3, -0.25) is 0 Å². The molecule has 0 saturated heterocycles. The Balaban J connectivity index is 1.75. The summed E-state index contributed by atoms with van der Waals surface area (Å²) in [6, 6.07) is 0. The normalized spacial score (nSPS) is 35.7. The summed E-state index contributed by atoms with van der Waals surface area (Å²) in [6.45, 7) is 0.606. The highest BCUT2D eigenvalue weighted by atomic mass is 16.5. The molecular formula is C12H19NO2. The number of rotatable bonds is 2. The fourth-order valence-corrected chi connectivity index (χ4v) is 2.69. The number of hydrogen-bond acceptors (Lipinski definition) is 2. The van der Waals surface area contributed by atoms with Crippen molar-refractivity contribution in [3.05, 3.63) is 12.2 Å². The van der Waals surface area contributed by atoms with Crippen LogP contribution in [0.15, 0.2) is 12.2 Å². The van der Waals surface area contributed by atoms with E-state index < -0.39 is 0 Å². The average molecular weight is 209 g/mol. The Morgan fingerprint density at radius 3 is 2.47 bits per heavy atom. The van der Waals surface area contributed by atoms with Crippen LogP contribution in [0.2, 0.25) is 0 Å². The minimum absolute atomic E-state index is 0.299. The Labute approximate surface area is 90.9 Å². The second-order valence-corrected chi connectivity index (χ2v) is 4.47. The van der Waals surface area contributed by atoms with Crippen molar-refractivity contribution in [2.24, 2.45) is 17.8 Å². The van der Waals surface area contributed by atoms with Gasteiger partial charge in [0.05, 0.1) is 6.61 Å². The maximum absolute atomic E-state index is 10.9. The minimum atomic E-state index is -0.299. The van der Waals surface area contributed by atoms with Crippen LogP contribution in [0.3, 0.4) is 0 Å². The number of alkyl carbamates (subject to hydrolysis) is 1. The van der Waals surface area contributed by atoms with Gasteiger partial charge in [-0.05, 0) is 43.4 Å². The Hall–Kier alpha value is -0.990. The smallest absolute Gasteiger partial charge is 0.406 e. The van der Waals surface area contributed by atoms with E-state index >= 15 is 0 Å². The third-order valence-electron chi connectivity index (χ3n) is 3.62. The monoisotopic (exact) mass is 209 g/mol. The van der Waals surface area contributed by atoms with E-state index in [9.17, 15) is 4.79 Å². The summed E-state index contributed by atoms with van der Waals surface area (Å²) in [6.07, 6.45) is 9.18. The Bertz CT molecular complexity index is 246. The maximum atomic E-state index is 10.9. The van der Waals surface area contributed by atoms with E-state index in [1.807, 2.05) is 0 Å². The summed E-state index contributed by atoms with van der Waals surface area (Å²) < 4.78 is 5.12. The van der Waals surface area contributed by atoms with Crippen molar-refractivity contribution >= 4 is 6.09 Å². The first-order valence-corrected chi connectivity index (χ1v) is 5.82. The molecule has 0 aromatic rings. The van der Waals surface area contributed by atoms with Crippen LogP contribution < -0.4 is 5.32 Å². The van der Waals surface area contributed by atoms with Crippen LogP contribution >= 0.6 is 0 Å². The van der Waals surface area contributed by atoms with E-state index in [1.54, 1.807) is 7.05 Å². The van der Waals surface area contributed by atoms with Gasteiger partial charge in [0, 0.05) is 7.05 Å². The quantitative estimate of drug-likeness (QED) is 0.709. The highest BCUT2D eigenvalue weighted by Crippen LogP contribution is 2.52. The molecule has 0 heterocycles. The molecular weight excluding hydrogens is 190 g/mol. The lowest BCUT2D eigenvalue weighted by atomic mass is 10.1. The molecule has 0 bridgehead atoms. The highest BCUT2D eigenvalue weighted by Gasteiger charge is 2.49. The van der Waals surface area contributed by atoms with Gasteiger partial charge in [-0.1, -0.05) is 12.2 Å². The van der Waals surface area contributed by atoms with Crippen molar-refractivity contribution in [2.45, 2.75) is 25.7 Å². The molecule has 84 valence electrons. The van der Waals surface area contributed by atoms with Crippen molar-refractivity contribution in [2.75, 3.05) is 13.7 Å². The van der Waals surface area contributed by atoms with E-state index in [4.69, 9.17) is 4.74 Å². The van der Waals surface area contributed by atoms with Gasteiger partial charge in [0.25, 0.3) is 0 Å². The molecule has 0 aromatic heterocycles. The van der Waals surface area contributed by atoms with Gasteiger partial charge in [0.1, 0.15) is 0 Å². The maximum Gasteiger partial charge on any atom is 0.406 e. The molecule has 2 rings (SSSR count). The lowest BCUT2D eigenvalue weighted by Gasteiger charge is -2.02. The van der Waals surface area contributed by atoms with Gasteiger partial charge in [0.2, 0.25) is 0 Å². The minimum Gasteiger partial charge on any atom is -0.449 e. The van der Waals surface area contributed by atoms with Crippen molar-refractivity contribution in [3.8, 4) is 0 Å². The molecule has 15 heavy (non-hydrogen) atoms. The van der Waals surface area contributed by atoms with Crippen molar-refractivity contribution in [3.63, 3.8) is 0 Å². The van der Waals surface area contributed by atoms with Crippen LogP contribution in [0.5, 0.6) is 0 Å². The summed E-state index contributed by atoms with van der Waals surface area (Å²) in [5.41, 5.74) is 0. The van der Waals surface area contributed by atoms with Gasteiger partial charge in [-0.2, -0.15) is 0 Å². The molecule has 1 N–H and O–H groups in total. The Morgan fingerprint density at radius 1 is 1.33 bits per heavy atom. The Morgan fingerprint density at radius 2 is 1.93 bits per heavy atom. The zero-order chi connectivity index (χ0) is 10.7. The lowest BCUT2D eigenvalue weighted by Crippen LogP contribution is -2.20. The number of nitrogens with one attached hydrogen (secondary N) is 1. The van der Waals surface area contributed by atoms with E-state index in [2.05, 4.69) is 17.5 Å². The number of ether oxygens (including phenoxy) is 1. The zero-order valence-electron chi connectivity index (χ0n) is 9.24. The Kier molecular flexibility index (Phi) is 3.29. The van der Waals surface area contributed by atoms with Gasteiger partial charge < -0.3 is 10.1 Å². The van der Waals surface area contributed by atoms with Crippen molar-refractivity contribution in [1.29, 1.82) is 0 Å². The van der Waals surface area contributed by atoms with Crippen LogP contribution in [-0.2, 0) is 4.74 Å². The first kappa shape index (κ1) is 10.5. The van der Waals surface area contributed by atoms with Gasteiger partial charge in [0.15, 0.2) is 0 Å². The number of allylic oxidation sites excluding steroid dienone is 2. The summed E-state index contributed by atoms with van der Waals surface area (Å²) in [4.78, 5) is 10.9. The van der Waals surface area contributed by atoms with Crippen LogP contribution in [0.25, 0.3) is 0 Å². The number of carbonyl (C=O) groups excluding carboxylic acids is 1. The second kappa shape index (κ2) is 4.69. The number of amides is 1. The topological polar surface area (TPSA) is 38.3 Å². The van der Waals surface area contributed by atoms with Gasteiger partial charge >= 0.3 is 6.09 Å². The lowest BCUT2D eigenvalue weighted by molar-refractivity contribution is 0.139. The number of carbonyl (C=O) groups is 1. The van der Waals surface area contributed by atoms with Gasteiger partial charge in [-0.15, -0.1) is 0 Å². The summed E-state index contributed by atoms with van der Waals surface area (Å²) in [5.74, 6) is 2.24. The number of fused-ring (bicyclic) bond motifs is 1. The summed E-state index contributed by atoms with van der Waals surface area (Å²) in [5, 5.41) is 2.48. The molecule has 0 aromatic carbocycles. The fourth-order valence-electron chi connectivity index (χ4n) is 2.69. The third kappa shape index (κ3) is 2.52. The zero-order valence-corrected chi connectivity index (χ0v) is 9.24. The number of hydrogen-bond donors (Lipinski definition) is 1. The largest absolute Gasteiger partial charge is 0.449 e. The molecule has 3 heteroatoms. The molecule has 0 aliphatic heterocycles. The molecule has 1 saturated carbocycles. The van der Waals surface area contributed by atoms with E-state index in [1.165, 1.54) is 25.7 Å². The molecule has 1 fully saturated rings. The van der Waals surface area contributed by atoms with E-state index in [-0.39, 0.29) is 6.09 Å². The standard InChI is InChI=1S/C12H19NO2/c1-13-12(14)15-8-11-9-6-4-2-3-5-7-10(9)11/h2-3,9-11H,4-8H2,1H3,(H,13,14)/b3-2-. The van der Waals surface area contributed by atoms with Gasteiger partial charge in [-0.25, -0.2) is 4.79 Å². The molecule has 2 aliphatic rings. The average Bonchev–Trinajstić information content (AvgIpc) is 2.85. The molecule has 0 radical (unpaired) electrons. The van der Waals surface area contributed by atoms with Crippen molar-refractivity contribution < 1.29 is 9.53 Å². The molecule has 1 amide bonds. The van der Waals surface area contributed by atoms with Crippen molar-refractivity contribution in [1.82, 2.24) is 5.32 Å². The second-order valence-electron chi connectivity index (χ2n) is 4.47. The van der Waals surface area contributed by atoms with Crippen LogP contribution in [0, 0.1) is 17.8 Å². The van der Waals surface area contributed by atoms with Crippen LogP contribution in [-0.4, -0.2) is 19.7 Å². The SMILES string of the molecule is CNC(=O)OCC1C2CC/C=C\CCC21. The summed E-state index contributed by atoms with van der Waals surface area (Å²) >= 11 is 0. The van der Waals surface area contributed by atoms with E-state index in [0.29, 0.717) is 12.5 Å². The third-order valence-corrected chi connectivity index (χ3v) is 3.62. The van der Waals surface area contributed by atoms with Crippen LogP contribution in [0.1, 0.15) is 25.7 Å². The molecule has 3 nitrogen and oxygen atoms in total. The molecule has 0 spiro atoms. The van der Waals surface area contributed by atoms with E-state index in [0.717, 1.165) is 11.8 Å². The first-order chi connectivity index (χ1) is 7.33. The molecule has 2 aliphatic carbocycles.